The lowest BCUT2D eigenvalue weighted by Gasteiger charge is -2.19. The first-order chi connectivity index (χ1) is 7.20. The van der Waals surface area contributed by atoms with Gasteiger partial charge in [0.25, 0.3) is 0 Å². The van der Waals surface area contributed by atoms with Gasteiger partial charge in [0.1, 0.15) is 5.82 Å². The fourth-order valence-corrected chi connectivity index (χ4v) is 2.42. The summed E-state index contributed by atoms with van der Waals surface area (Å²) in [7, 11) is 1.77. The summed E-state index contributed by atoms with van der Waals surface area (Å²) in [5, 5.41) is 0. The van der Waals surface area contributed by atoms with Crippen LogP contribution in [0, 0.1) is 6.92 Å². The van der Waals surface area contributed by atoms with Crippen molar-refractivity contribution in [2.75, 3.05) is 25.1 Å². The fourth-order valence-electron chi connectivity index (χ4n) is 1.98. The van der Waals surface area contributed by atoms with E-state index in [-0.39, 0.29) is 0 Å². The Morgan fingerprint density at radius 1 is 1.60 bits per heavy atom. The molecular formula is C11H15BrN2O. The molecule has 0 N–H and O–H groups in total. The highest BCUT2D eigenvalue weighted by atomic mass is 79.9. The van der Waals surface area contributed by atoms with Crippen LogP contribution in [0.3, 0.4) is 0 Å². The van der Waals surface area contributed by atoms with Crippen LogP contribution < -0.4 is 4.90 Å². The highest BCUT2D eigenvalue weighted by molar-refractivity contribution is 9.10. The van der Waals surface area contributed by atoms with Crippen molar-refractivity contribution < 1.29 is 4.74 Å². The second-order valence-electron chi connectivity index (χ2n) is 3.89. The smallest absolute Gasteiger partial charge is 0.131 e. The maximum Gasteiger partial charge on any atom is 0.131 e. The van der Waals surface area contributed by atoms with Crippen molar-refractivity contribution in [2.45, 2.75) is 19.4 Å². The minimum atomic E-state index is 0.356. The van der Waals surface area contributed by atoms with Crippen LogP contribution in [0.4, 0.5) is 5.82 Å². The summed E-state index contributed by atoms with van der Waals surface area (Å²) in [6.45, 7) is 4.08. The Balaban J connectivity index is 2.17. The lowest BCUT2D eigenvalue weighted by molar-refractivity contribution is 0.121. The van der Waals surface area contributed by atoms with Crippen molar-refractivity contribution in [1.82, 2.24) is 4.98 Å². The number of nitrogens with zero attached hydrogens (tertiary/aromatic N) is 2. The third-order valence-electron chi connectivity index (χ3n) is 2.80. The Bertz CT molecular complexity index is 356. The molecule has 0 saturated carbocycles. The van der Waals surface area contributed by atoms with E-state index in [1.807, 2.05) is 6.20 Å². The second-order valence-corrected chi connectivity index (χ2v) is 4.80. The molecule has 15 heavy (non-hydrogen) atoms. The molecule has 82 valence electrons. The molecule has 0 spiro atoms. The van der Waals surface area contributed by atoms with Gasteiger partial charge in [0, 0.05) is 30.9 Å². The number of ether oxygens (including phenoxy) is 1. The van der Waals surface area contributed by atoms with Crippen molar-refractivity contribution >= 4 is 21.7 Å². The Kier molecular flexibility index (Phi) is 3.26. The first kappa shape index (κ1) is 10.9. The van der Waals surface area contributed by atoms with Crippen LogP contribution in [0.25, 0.3) is 0 Å². The van der Waals surface area contributed by atoms with Crippen molar-refractivity contribution in [3.8, 4) is 0 Å². The average molecular weight is 271 g/mol. The van der Waals surface area contributed by atoms with E-state index >= 15 is 0 Å². The minimum absolute atomic E-state index is 0.356. The topological polar surface area (TPSA) is 25.4 Å². The number of halogens is 1. The van der Waals surface area contributed by atoms with Crippen LogP contribution in [-0.4, -0.2) is 31.3 Å². The molecule has 3 nitrogen and oxygen atoms in total. The average Bonchev–Trinajstić information content (AvgIpc) is 2.66. The quantitative estimate of drug-likeness (QED) is 0.825. The molecular weight excluding hydrogens is 256 g/mol. The number of rotatable bonds is 2. The Morgan fingerprint density at radius 3 is 3.00 bits per heavy atom. The second kappa shape index (κ2) is 4.49. The van der Waals surface area contributed by atoms with Gasteiger partial charge in [-0.3, -0.25) is 0 Å². The van der Waals surface area contributed by atoms with Crippen LogP contribution in [0.15, 0.2) is 16.7 Å². The van der Waals surface area contributed by atoms with Crippen LogP contribution in [0.5, 0.6) is 0 Å². The number of hydrogen-bond acceptors (Lipinski definition) is 3. The Morgan fingerprint density at radius 2 is 2.40 bits per heavy atom. The molecule has 0 aliphatic carbocycles. The number of pyridine rings is 1. The Hall–Kier alpha value is -0.610. The van der Waals surface area contributed by atoms with Crippen molar-refractivity contribution in [1.29, 1.82) is 0 Å². The molecule has 1 aliphatic heterocycles. The largest absolute Gasteiger partial charge is 0.380 e. The maximum absolute atomic E-state index is 5.35. The number of anilines is 1. The van der Waals surface area contributed by atoms with Gasteiger partial charge in [-0.1, -0.05) is 0 Å². The van der Waals surface area contributed by atoms with Gasteiger partial charge >= 0.3 is 0 Å². The van der Waals surface area contributed by atoms with E-state index in [0.717, 1.165) is 29.8 Å². The zero-order valence-electron chi connectivity index (χ0n) is 9.03. The standard InChI is InChI=1S/C11H15BrN2O/c1-8-5-9(12)6-13-11(8)14-4-3-10(7-14)15-2/h5-6,10H,3-4,7H2,1-2H3. The third kappa shape index (κ3) is 2.32. The van der Waals surface area contributed by atoms with Gasteiger partial charge in [-0.15, -0.1) is 0 Å². The van der Waals surface area contributed by atoms with Gasteiger partial charge < -0.3 is 9.64 Å². The molecule has 1 atom stereocenters. The highest BCUT2D eigenvalue weighted by Crippen LogP contribution is 2.24. The van der Waals surface area contributed by atoms with Gasteiger partial charge in [0.15, 0.2) is 0 Å². The zero-order valence-corrected chi connectivity index (χ0v) is 10.6. The molecule has 0 aromatic carbocycles. The third-order valence-corrected chi connectivity index (χ3v) is 3.23. The molecule has 1 fully saturated rings. The van der Waals surface area contributed by atoms with Gasteiger partial charge in [0.05, 0.1) is 6.10 Å². The molecule has 1 aromatic heterocycles. The number of aryl methyl sites for hydroxylation is 1. The molecule has 1 aliphatic rings. The predicted octanol–water partition coefficient (Wildman–Crippen LogP) is 2.38. The first-order valence-electron chi connectivity index (χ1n) is 5.10. The zero-order chi connectivity index (χ0) is 10.8. The molecule has 0 bridgehead atoms. The van der Waals surface area contributed by atoms with Crippen molar-refractivity contribution in [2.24, 2.45) is 0 Å². The van der Waals surface area contributed by atoms with Gasteiger partial charge in [0.2, 0.25) is 0 Å². The maximum atomic E-state index is 5.35. The summed E-state index contributed by atoms with van der Waals surface area (Å²) in [4.78, 5) is 6.74. The van der Waals surface area contributed by atoms with Crippen LogP contribution in [0.1, 0.15) is 12.0 Å². The number of hydrogen-bond donors (Lipinski definition) is 0. The summed E-state index contributed by atoms with van der Waals surface area (Å²) in [5.41, 5.74) is 1.21. The van der Waals surface area contributed by atoms with E-state index in [4.69, 9.17) is 4.74 Å². The summed E-state index contributed by atoms with van der Waals surface area (Å²) in [6.07, 6.45) is 3.30. The van der Waals surface area contributed by atoms with Gasteiger partial charge in [-0.05, 0) is 40.9 Å². The molecule has 0 amide bonds. The lowest BCUT2D eigenvalue weighted by Crippen LogP contribution is -2.23. The molecule has 1 aromatic rings. The number of aromatic nitrogens is 1. The van der Waals surface area contributed by atoms with Gasteiger partial charge in [-0.25, -0.2) is 4.98 Å². The predicted molar refractivity (Wildman–Crippen MR) is 64.3 cm³/mol. The van der Waals surface area contributed by atoms with E-state index in [1.165, 1.54) is 5.56 Å². The lowest BCUT2D eigenvalue weighted by atomic mass is 10.3. The summed E-state index contributed by atoms with van der Waals surface area (Å²) >= 11 is 3.42. The molecule has 2 rings (SSSR count). The summed E-state index contributed by atoms with van der Waals surface area (Å²) in [6, 6.07) is 2.10. The van der Waals surface area contributed by atoms with E-state index in [0.29, 0.717) is 6.10 Å². The van der Waals surface area contributed by atoms with Gasteiger partial charge in [-0.2, -0.15) is 0 Å². The van der Waals surface area contributed by atoms with E-state index < -0.39 is 0 Å². The molecule has 2 heterocycles. The molecule has 4 heteroatoms. The minimum Gasteiger partial charge on any atom is -0.380 e. The first-order valence-corrected chi connectivity index (χ1v) is 5.90. The summed E-state index contributed by atoms with van der Waals surface area (Å²) < 4.78 is 6.38. The van der Waals surface area contributed by atoms with E-state index in [1.54, 1.807) is 7.11 Å². The van der Waals surface area contributed by atoms with E-state index in [2.05, 4.69) is 38.8 Å². The van der Waals surface area contributed by atoms with E-state index in [9.17, 15) is 0 Å². The molecule has 1 unspecified atom stereocenters. The monoisotopic (exact) mass is 270 g/mol. The molecule has 0 radical (unpaired) electrons. The normalized spacial score (nSPS) is 21.0. The van der Waals surface area contributed by atoms with Crippen molar-refractivity contribution in [3.63, 3.8) is 0 Å². The van der Waals surface area contributed by atoms with Crippen LogP contribution in [0.2, 0.25) is 0 Å². The van der Waals surface area contributed by atoms with Crippen LogP contribution >= 0.6 is 15.9 Å². The van der Waals surface area contributed by atoms with Crippen molar-refractivity contribution in [3.05, 3.63) is 22.3 Å². The SMILES string of the molecule is COC1CCN(c2ncc(Br)cc2C)C1. The summed E-state index contributed by atoms with van der Waals surface area (Å²) in [5.74, 6) is 1.08. The molecule has 1 saturated heterocycles. The van der Waals surface area contributed by atoms with Crippen LogP contribution in [-0.2, 0) is 4.74 Å². The fraction of sp³-hybridized carbons (Fsp3) is 0.545. The number of methoxy groups -OCH3 is 1. The Labute approximate surface area is 98.6 Å². The highest BCUT2D eigenvalue weighted by Gasteiger charge is 2.23.